The van der Waals surface area contributed by atoms with Gasteiger partial charge in [-0.15, -0.1) is 0 Å². The molecule has 1 N–H and O–H groups in total. The summed E-state index contributed by atoms with van der Waals surface area (Å²) in [7, 11) is 0. The first-order valence-electron chi connectivity index (χ1n) is 7.09. The van der Waals surface area contributed by atoms with Gasteiger partial charge in [-0.05, 0) is 32.8 Å². The number of hydrogen-bond acceptors (Lipinski definition) is 3. The molecule has 0 saturated heterocycles. The molecule has 4 heteroatoms. The number of carbonyl (C=O) groups excluding carboxylic acids is 1. The van der Waals surface area contributed by atoms with Gasteiger partial charge in [0.25, 0.3) is 5.91 Å². The Hall–Kier alpha value is -1.58. The second kappa shape index (κ2) is 7.77. The Bertz CT molecular complexity index is 398. The maximum atomic E-state index is 12.4. The highest BCUT2D eigenvalue weighted by atomic mass is 16.2. The van der Waals surface area contributed by atoms with Crippen LogP contribution < -0.4 is 5.32 Å². The van der Waals surface area contributed by atoms with Gasteiger partial charge in [0, 0.05) is 31.5 Å². The van der Waals surface area contributed by atoms with E-state index in [4.69, 9.17) is 0 Å². The van der Waals surface area contributed by atoms with Gasteiger partial charge in [0.05, 0.1) is 11.3 Å². The van der Waals surface area contributed by atoms with Crippen LogP contribution in [0, 0.1) is 0 Å². The summed E-state index contributed by atoms with van der Waals surface area (Å²) in [6, 6.07) is 2.21. The standard InChI is InChI=1S/C15H25N3O/c1-5-7-18(8-6-2)15(19)13-9-14(11-16-10-13)17-12(3)4/h9-12,17H,5-8H2,1-4H3. The molecule has 1 aromatic heterocycles. The van der Waals surface area contributed by atoms with Gasteiger partial charge in [-0.3, -0.25) is 9.78 Å². The topological polar surface area (TPSA) is 45.2 Å². The summed E-state index contributed by atoms with van der Waals surface area (Å²) in [4.78, 5) is 18.5. The van der Waals surface area contributed by atoms with Crippen molar-refractivity contribution in [2.75, 3.05) is 18.4 Å². The lowest BCUT2D eigenvalue weighted by Crippen LogP contribution is -2.32. The zero-order chi connectivity index (χ0) is 14.3. The number of amides is 1. The van der Waals surface area contributed by atoms with E-state index in [1.807, 2.05) is 11.0 Å². The zero-order valence-corrected chi connectivity index (χ0v) is 12.4. The maximum Gasteiger partial charge on any atom is 0.255 e. The molecule has 0 unspecified atom stereocenters. The molecule has 0 aliphatic rings. The molecule has 0 aliphatic carbocycles. The summed E-state index contributed by atoms with van der Waals surface area (Å²) in [5, 5.41) is 3.27. The molecule has 1 heterocycles. The van der Waals surface area contributed by atoms with Crippen LogP contribution in [0.3, 0.4) is 0 Å². The fraction of sp³-hybridized carbons (Fsp3) is 0.600. The maximum absolute atomic E-state index is 12.4. The second-order valence-corrected chi connectivity index (χ2v) is 5.05. The molecule has 0 aliphatic heterocycles. The lowest BCUT2D eigenvalue weighted by molar-refractivity contribution is 0.0755. The van der Waals surface area contributed by atoms with Crippen LogP contribution in [-0.4, -0.2) is 34.9 Å². The molecular formula is C15H25N3O. The van der Waals surface area contributed by atoms with Crippen molar-refractivity contribution in [2.24, 2.45) is 0 Å². The normalized spacial score (nSPS) is 10.6. The Balaban J connectivity index is 2.84. The van der Waals surface area contributed by atoms with E-state index in [1.54, 1.807) is 12.4 Å². The third-order valence-electron chi connectivity index (χ3n) is 2.71. The van der Waals surface area contributed by atoms with Gasteiger partial charge in [-0.25, -0.2) is 0 Å². The van der Waals surface area contributed by atoms with Crippen molar-refractivity contribution >= 4 is 11.6 Å². The Kier molecular flexibility index (Phi) is 6.33. The highest BCUT2D eigenvalue weighted by Gasteiger charge is 2.15. The molecule has 1 rings (SSSR count). The summed E-state index contributed by atoms with van der Waals surface area (Å²) in [6.07, 6.45) is 5.35. The van der Waals surface area contributed by atoms with E-state index in [9.17, 15) is 4.79 Å². The Morgan fingerprint density at radius 2 is 1.89 bits per heavy atom. The summed E-state index contributed by atoms with van der Waals surface area (Å²) in [5.41, 5.74) is 1.56. The van der Waals surface area contributed by atoms with Crippen LogP contribution in [0.15, 0.2) is 18.5 Å². The molecule has 0 fully saturated rings. The highest BCUT2D eigenvalue weighted by molar-refractivity contribution is 5.94. The first-order valence-corrected chi connectivity index (χ1v) is 7.09. The number of anilines is 1. The predicted octanol–water partition coefficient (Wildman–Crippen LogP) is 3.16. The van der Waals surface area contributed by atoms with E-state index < -0.39 is 0 Å². The number of nitrogens with zero attached hydrogens (tertiary/aromatic N) is 2. The van der Waals surface area contributed by atoms with E-state index in [-0.39, 0.29) is 5.91 Å². The van der Waals surface area contributed by atoms with Crippen molar-refractivity contribution in [1.82, 2.24) is 9.88 Å². The predicted molar refractivity (Wildman–Crippen MR) is 79.5 cm³/mol. The fourth-order valence-corrected chi connectivity index (χ4v) is 2.01. The van der Waals surface area contributed by atoms with Crippen molar-refractivity contribution in [2.45, 2.75) is 46.6 Å². The molecule has 1 amide bonds. The fourth-order valence-electron chi connectivity index (χ4n) is 2.01. The minimum absolute atomic E-state index is 0.0728. The van der Waals surface area contributed by atoms with Gasteiger partial charge in [-0.1, -0.05) is 13.8 Å². The lowest BCUT2D eigenvalue weighted by Gasteiger charge is -2.21. The van der Waals surface area contributed by atoms with Gasteiger partial charge in [0.1, 0.15) is 0 Å². The molecule has 0 aromatic carbocycles. The minimum Gasteiger partial charge on any atom is -0.382 e. The molecule has 0 spiro atoms. The molecule has 1 aromatic rings. The van der Waals surface area contributed by atoms with Gasteiger partial charge in [0.2, 0.25) is 0 Å². The second-order valence-electron chi connectivity index (χ2n) is 5.05. The molecule has 106 valence electrons. The highest BCUT2D eigenvalue weighted by Crippen LogP contribution is 2.12. The van der Waals surface area contributed by atoms with Crippen LogP contribution in [0.1, 0.15) is 50.9 Å². The molecule has 4 nitrogen and oxygen atoms in total. The first kappa shape index (κ1) is 15.5. The molecule has 0 atom stereocenters. The van der Waals surface area contributed by atoms with Crippen molar-refractivity contribution in [1.29, 1.82) is 0 Å². The average Bonchev–Trinajstić information content (AvgIpc) is 2.37. The van der Waals surface area contributed by atoms with Crippen molar-refractivity contribution in [3.8, 4) is 0 Å². The smallest absolute Gasteiger partial charge is 0.255 e. The van der Waals surface area contributed by atoms with Gasteiger partial charge >= 0.3 is 0 Å². The first-order chi connectivity index (χ1) is 9.08. The quantitative estimate of drug-likeness (QED) is 0.822. The van der Waals surface area contributed by atoms with Crippen LogP contribution in [0.4, 0.5) is 5.69 Å². The Morgan fingerprint density at radius 3 is 2.42 bits per heavy atom. The van der Waals surface area contributed by atoms with Gasteiger partial charge in [-0.2, -0.15) is 0 Å². The Labute approximate surface area is 116 Å². The number of carbonyl (C=O) groups is 1. The number of hydrogen-bond donors (Lipinski definition) is 1. The van der Waals surface area contributed by atoms with Crippen molar-refractivity contribution in [3.05, 3.63) is 24.0 Å². The lowest BCUT2D eigenvalue weighted by atomic mass is 10.2. The third kappa shape index (κ3) is 4.89. The number of nitrogens with one attached hydrogen (secondary N) is 1. The SMILES string of the molecule is CCCN(CCC)C(=O)c1cncc(NC(C)C)c1. The van der Waals surface area contributed by atoms with Crippen molar-refractivity contribution in [3.63, 3.8) is 0 Å². The average molecular weight is 263 g/mol. The van der Waals surface area contributed by atoms with E-state index in [2.05, 4.69) is 38.0 Å². The molecule has 0 radical (unpaired) electrons. The third-order valence-corrected chi connectivity index (χ3v) is 2.71. The zero-order valence-electron chi connectivity index (χ0n) is 12.4. The van der Waals surface area contributed by atoms with Crippen LogP contribution in [0.5, 0.6) is 0 Å². The van der Waals surface area contributed by atoms with Crippen LogP contribution in [-0.2, 0) is 0 Å². The van der Waals surface area contributed by atoms with Crippen LogP contribution in [0.2, 0.25) is 0 Å². The van der Waals surface area contributed by atoms with Crippen molar-refractivity contribution < 1.29 is 4.79 Å². The van der Waals surface area contributed by atoms with E-state index in [0.717, 1.165) is 31.6 Å². The van der Waals surface area contributed by atoms with Crippen LogP contribution >= 0.6 is 0 Å². The largest absolute Gasteiger partial charge is 0.382 e. The van der Waals surface area contributed by atoms with E-state index >= 15 is 0 Å². The number of rotatable bonds is 7. The van der Waals surface area contributed by atoms with Crippen LogP contribution in [0.25, 0.3) is 0 Å². The minimum atomic E-state index is 0.0728. The number of aromatic nitrogens is 1. The molecular weight excluding hydrogens is 238 g/mol. The summed E-state index contributed by atoms with van der Waals surface area (Å²) in [6.45, 7) is 9.91. The molecule has 0 bridgehead atoms. The summed E-state index contributed by atoms with van der Waals surface area (Å²) < 4.78 is 0. The monoisotopic (exact) mass is 263 g/mol. The summed E-state index contributed by atoms with van der Waals surface area (Å²) >= 11 is 0. The van der Waals surface area contributed by atoms with E-state index in [1.165, 1.54) is 0 Å². The van der Waals surface area contributed by atoms with Gasteiger partial charge in [0.15, 0.2) is 0 Å². The number of pyridine rings is 1. The molecule has 0 saturated carbocycles. The molecule has 19 heavy (non-hydrogen) atoms. The summed E-state index contributed by atoms with van der Waals surface area (Å²) in [5.74, 6) is 0.0728. The van der Waals surface area contributed by atoms with E-state index in [0.29, 0.717) is 11.6 Å². The Morgan fingerprint density at radius 1 is 1.26 bits per heavy atom. The van der Waals surface area contributed by atoms with Gasteiger partial charge < -0.3 is 10.2 Å².